The van der Waals surface area contributed by atoms with E-state index in [-0.39, 0.29) is 6.29 Å². The van der Waals surface area contributed by atoms with Crippen LogP contribution in [0.5, 0.6) is 5.75 Å². The lowest BCUT2D eigenvalue weighted by molar-refractivity contribution is -0.0584. The lowest BCUT2D eigenvalue weighted by Gasteiger charge is -2.19. The molecule has 0 aromatic heterocycles. The van der Waals surface area contributed by atoms with Gasteiger partial charge in [0.1, 0.15) is 5.75 Å². The first-order valence-electron chi connectivity index (χ1n) is 9.09. The van der Waals surface area contributed by atoms with E-state index in [1.165, 1.54) is 20.3 Å². The van der Waals surface area contributed by atoms with E-state index >= 15 is 0 Å². The van der Waals surface area contributed by atoms with Crippen LogP contribution in [0, 0.1) is 9.49 Å². The molecule has 1 fully saturated rings. The SMILES string of the molecule is C=C(C)NCCc1ccc(OC2OCCC2C)cc1-c1cccc(I)c1. The molecular weight excluding hydrogens is 437 g/mol. The first kappa shape index (κ1) is 19.2. The van der Waals surface area contributed by atoms with Gasteiger partial charge in [0.05, 0.1) is 6.61 Å². The van der Waals surface area contributed by atoms with Crippen molar-refractivity contribution in [1.29, 1.82) is 0 Å². The normalized spacial score (nSPS) is 19.3. The van der Waals surface area contributed by atoms with Crippen LogP contribution in [-0.4, -0.2) is 19.4 Å². The number of benzene rings is 2. The van der Waals surface area contributed by atoms with E-state index in [0.29, 0.717) is 5.92 Å². The zero-order chi connectivity index (χ0) is 18.5. The summed E-state index contributed by atoms with van der Waals surface area (Å²) in [7, 11) is 0. The van der Waals surface area contributed by atoms with Crippen molar-refractivity contribution >= 4 is 22.6 Å². The molecule has 26 heavy (non-hydrogen) atoms. The van der Waals surface area contributed by atoms with Gasteiger partial charge in [0.15, 0.2) is 0 Å². The second kappa shape index (κ2) is 8.91. The van der Waals surface area contributed by atoms with E-state index in [1.54, 1.807) is 0 Å². The summed E-state index contributed by atoms with van der Waals surface area (Å²) in [5.41, 5.74) is 4.73. The number of halogens is 1. The Morgan fingerprint density at radius 2 is 2.15 bits per heavy atom. The van der Waals surface area contributed by atoms with E-state index in [9.17, 15) is 0 Å². The van der Waals surface area contributed by atoms with Gasteiger partial charge >= 0.3 is 0 Å². The van der Waals surface area contributed by atoms with E-state index < -0.39 is 0 Å². The molecule has 2 aromatic carbocycles. The number of allylic oxidation sites excluding steroid dienone is 1. The van der Waals surface area contributed by atoms with Crippen LogP contribution in [0.15, 0.2) is 54.7 Å². The zero-order valence-corrected chi connectivity index (χ0v) is 17.6. The molecule has 0 aliphatic carbocycles. The molecule has 0 saturated carbocycles. The van der Waals surface area contributed by atoms with Gasteiger partial charge in [-0.05, 0) is 83.3 Å². The summed E-state index contributed by atoms with van der Waals surface area (Å²) in [4.78, 5) is 0. The fourth-order valence-corrected chi connectivity index (χ4v) is 3.68. The molecule has 4 heteroatoms. The minimum Gasteiger partial charge on any atom is -0.465 e. The van der Waals surface area contributed by atoms with Crippen LogP contribution in [0.2, 0.25) is 0 Å². The van der Waals surface area contributed by atoms with Crippen LogP contribution in [0.1, 0.15) is 25.8 Å². The molecule has 2 unspecified atom stereocenters. The second-order valence-corrected chi connectivity index (χ2v) is 8.16. The Balaban J connectivity index is 1.87. The predicted octanol–water partition coefficient (Wildman–Crippen LogP) is 5.39. The van der Waals surface area contributed by atoms with Crippen molar-refractivity contribution in [2.75, 3.05) is 13.2 Å². The standard InChI is InChI=1S/C22H26INO2/c1-15(2)24-11-9-17-7-8-20(26-22-16(3)10-12-25-22)14-21(17)18-5-4-6-19(23)13-18/h4-8,13-14,16,22,24H,1,9-12H2,2-3H3. The summed E-state index contributed by atoms with van der Waals surface area (Å²) in [6, 6.07) is 15.0. The third-order valence-corrected chi connectivity index (χ3v) is 5.28. The monoisotopic (exact) mass is 463 g/mol. The molecule has 1 heterocycles. The third kappa shape index (κ3) is 5.01. The summed E-state index contributed by atoms with van der Waals surface area (Å²) in [5, 5.41) is 3.32. The van der Waals surface area contributed by atoms with Gasteiger partial charge in [0.2, 0.25) is 6.29 Å². The Morgan fingerprint density at radius 1 is 1.31 bits per heavy atom. The number of hydrogen-bond acceptors (Lipinski definition) is 3. The molecular formula is C22H26INO2. The fraction of sp³-hybridized carbons (Fsp3) is 0.364. The highest BCUT2D eigenvalue weighted by Crippen LogP contribution is 2.31. The Morgan fingerprint density at radius 3 is 2.85 bits per heavy atom. The summed E-state index contributed by atoms with van der Waals surface area (Å²) < 4.78 is 13.1. The van der Waals surface area contributed by atoms with Crippen molar-refractivity contribution in [3.05, 3.63) is 63.9 Å². The van der Waals surface area contributed by atoms with Crippen molar-refractivity contribution in [1.82, 2.24) is 5.32 Å². The summed E-state index contributed by atoms with van der Waals surface area (Å²) in [6.45, 7) is 9.72. The van der Waals surface area contributed by atoms with Gasteiger partial charge < -0.3 is 14.8 Å². The molecule has 1 aliphatic rings. The lowest BCUT2D eigenvalue weighted by atomic mass is 9.97. The highest BCUT2D eigenvalue weighted by molar-refractivity contribution is 14.1. The van der Waals surface area contributed by atoms with E-state index in [1.807, 2.05) is 6.92 Å². The third-order valence-electron chi connectivity index (χ3n) is 4.61. The number of rotatable bonds is 7. The number of ether oxygens (including phenoxy) is 2. The smallest absolute Gasteiger partial charge is 0.202 e. The molecule has 0 amide bonds. The average Bonchev–Trinajstić information content (AvgIpc) is 3.00. The molecule has 1 N–H and O–H groups in total. The van der Waals surface area contributed by atoms with Crippen LogP contribution < -0.4 is 10.1 Å². The van der Waals surface area contributed by atoms with Crippen LogP contribution in [0.3, 0.4) is 0 Å². The summed E-state index contributed by atoms with van der Waals surface area (Å²) in [5.74, 6) is 1.30. The molecule has 0 radical (unpaired) electrons. The minimum atomic E-state index is -0.144. The Labute approximate surface area is 169 Å². The quantitative estimate of drug-likeness (QED) is 0.559. The summed E-state index contributed by atoms with van der Waals surface area (Å²) >= 11 is 2.36. The van der Waals surface area contributed by atoms with Crippen LogP contribution in [0.4, 0.5) is 0 Å². The van der Waals surface area contributed by atoms with E-state index in [0.717, 1.165) is 37.4 Å². The van der Waals surface area contributed by atoms with Gasteiger partial charge in [-0.25, -0.2) is 0 Å². The van der Waals surface area contributed by atoms with Gasteiger partial charge in [0.25, 0.3) is 0 Å². The van der Waals surface area contributed by atoms with Gasteiger partial charge in [-0.3, -0.25) is 0 Å². The highest BCUT2D eigenvalue weighted by Gasteiger charge is 2.26. The van der Waals surface area contributed by atoms with Gasteiger partial charge in [-0.15, -0.1) is 0 Å². The highest BCUT2D eigenvalue weighted by atomic mass is 127. The summed E-state index contributed by atoms with van der Waals surface area (Å²) in [6.07, 6.45) is 1.85. The molecule has 2 atom stereocenters. The number of nitrogens with one attached hydrogen (secondary N) is 1. The van der Waals surface area contributed by atoms with Gasteiger partial charge in [-0.2, -0.15) is 0 Å². The van der Waals surface area contributed by atoms with E-state index in [4.69, 9.17) is 9.47 Å². The molecule has 2 aromatic rings. The molecule has 138 valence electrons. The largest absolute Gasteiger partial charge is 0.465 e. The Hall–Kier alpha value is -1.53. The van der Waals surface area contributed by atoms with Crippen LogP contribution >= 0.6 is 22.6 Å². The average molecular weight is 463 g/mol. The Kier molecular flexibility index (Phi) is 6.59. The minimum absolute atomic E-state index is 0.144. The second-order valence-electron chi connectivity index (χ2n) is 6.91. The molecule has 0 bridgehead atoms. The van der Waals surface area contributed by atoms with E-state index in [2.05, 4.69) is 83.9 Å². The Bertz CT molecular complexity index is 774. The topological polar surface area (TPSA) is 30.5 Å². The van der Waals surface area contributed by atoms with Crippen molar-refractivity contribution in [3.8, 4) is 16.9 Å². The van der Waals surface area contributed by atoms with Crippen molar-refractivity contribution in [2.45, 2.75) is 33.0 Å². The molecule has 0 spiro atoms. The maximum absolute atomic E-state index is 6.12. The van der Waals surface area contributed by atoms with Gasteiger partial charge in [0, 0.05) is 21.7 Å². The first-order valence-corrected chi connectivity index (χ1v) is 10.2. The molecule has 1 saturated heterocycles. The van der Waals surface area contributed by atoms with Crippen LogP contribution in [0.25, 0.3) is 11.1 Å². The number of hydrogen-bond donors (Lipinski definition) is 1. The molecule has 1 aliphatic heterocycles. The maximum atomic E-state index is 6.12. The van der Waals surface area contributed by atoms with Crippen molar-refractivity contribution < 1.29 is 9.47 Å². The zero-order valence-electron chi connectivity index (χ0n) is 15.4. The fourth-order valence-electron chi connectivity index (χ4n) is 3.14. The van der Waals surface area contributed by atoms with Crippen LogP contribution in [-0.2, 0) is 11.2 Å². The van der Waals surface area contributed by atoms with Crippen molar-refractivity contribution in [3.63, 3.8) is 0 Å². The van der Waals surface area contributed by atoms with Gasteiger partial charge in [-0.1, -0.05) is 31.7 Å². The molecule has 3 nitrogen and oxygen atoms in total. The van der Waals surface area contributed by atoms with Crippen molar-refractivity contribution in [2.24, 2.45) is 5.92 Å². The maximum Gasteiger partial charge on any atom is 0.202 e. The first-order chi connectivity index (χ1) is 12.5. The lowest BCUT2D eigenvalue weighted by Crippen LogP contribution is -2.21. The molecule has 3 rings (SSSR count). The predicted molar refractivity (Wildman–Crippen MR) is 115 cm³/mol.